The second-order valence-electron chi connectivity index (χ2n) is 6.65. The third kappa shape index (κ3) is 3.87. The van der Waals surface area contributed by atoms with Crippen LogP contribution < -0.4 is 10.2 Å². The van der Waals surface area contributed by atoms with Crippen molar-refractivity contribution in [2.24, 2.45) is 5.41 Å². The van der Waals surface area contributed by atoms with Gasteiger partial charge in [0.15, 0.2) is 0 Å². The van der Waals surface area contributed by atoms with Crippen molar-refractivity contribution in [3.05, 3.63) is 28.8 Å². The molecule has 1 N–H and O–H groups in total. The molecule has 1 heterocycles. The summed E-state index contributed by atoms with van der Waals surface area (Å²) in [5.74, 6) is 0. The summed E-state index contributed by atoms with van der Waals surface area (Å²) in [6.07, 6.45) is 1.25. The second kappa shape index (κ2) is 5.72. The lowest BCUT2D eigenvalue weighted by atomic mass is 9.93. The molecule has 1 saturated heterocycles. The van der Waals surface area contributed by atoms with Crippen molar-refractivity contribution >= 4 is 17.3 Å². The standard InChI is InChI=1S/C16H25ClN2/c1-12(2)18-10-13-5-6-14(9-15(13)17)19-8-7-16(3,4)11-19/h5-6,9,12,18H,7-8,10-11H2,1-4H3. The largest absolute Gasteiger partial charge is 0.371 e. The first kappa shape index (κ1) is 14.7. The number of halogens is 1. The minimum absolute atomic E-state index is 0.421. The first-order chi connectivity index (χ1) is 8.87. The lowest BCUT2D eigenvalue weighted by molar-refractivity contribution is 0.418. The Bertz CT molecular complexity index is 440. The first-order valence-corrected chi connectivity index (χ1v) is 7.52. The molecule has 1 aliphatic heterocycles. The number of rotatable bonds is 4. The highest BCUT2D eigenvalue weighted by Crippen LogP contribution is 2.34. The van der Waals surface area contributed by atoms with Crippen LogP contribution in [0.15, 0.2) is 18.2 Å². The maximum absolute atomic E-state index is 6.40. The Labute approximate surface area is 122 Å². The lowest BCUT2D eigenvalue weighted by Crippen LogP contribution is -2.23. The van der Waals surface area contributed by atoms with Crippen LogP contribution in [-0.2, 0) is 6.54 Å². The van der Waals surface area contributed by atoms with Gasteiger partial charge in [0.25, 0.3) is 0 Å². The SMILES string of the molecule is CC(C)NCc1ccc(N2CCC(C)(C)C2)cc1Cl. The average molecular weight is 281 g/mol. The smallest absolute Gasteiger partial charge is 0.0471 e. The van der Waals surface area contributed by atoms with Gasteiger partial charge < -0.3 is 10.2 Å². The Morgan fingerprint density at radius 3 is 2.63 bits per heavy atom. The zero-order valence-corrected chi connectivity index (χ0v) is 13.2. The predicted molar refractivity (Wildman–Crippen MR) is 84.0 cm³/mol. The predicted octanol–water partition coefficient (Wildman–Crippen LogP) is 4.07. The fourth-order valence-corrected chi connectivity index (χ4v) is 2.76. The third-order valence-electron chi connectivity index (χ3n) is 3.78. The topological polar surface area (TPSA) is 15.3 Å². The van der Waals surface area contributed by atoms with Crippen molar-refractivity contribution < 1.29 is 0 Å². The average Bonchev–Trinajstić information content (AvgIpc) is 2.68. The van der Waals surface area contributed by atoms with Crippen molar-refractivity contribution in [3.63, 3.8) is 0 Å². The zero-order chi connectivity index (χ0) is 14.0. The zero-order valence-electron chi connectivity index (χ0n) is 12.5. The number of hydrogen-bond donors (Lipinski definition) is 1. The van der Waals surface area contributed by atoms with Gasteiger partial charge in [-0.15, -0.1) is 0 Å². The van der Waals surface area contributed by atoms with Crippen molar-refractivity contribution in [2.75, 3.05) is 18.0 Å². The van der Waals surface area contributed by atoms with Crippen LogP contribution in [0.4, 0.5) is 5.69 Å². The lowest BCUT2D eigenvalue weighted by Gasteiger charge is -2.22. The number of hydrogen-bond acceptors (Lipinski definition) is 2. The van der Waals surface area contributed by atoms with E-state index in [4.69, 9.17) is 11.6 Å². The molecular weight excluding hydrogens is 256 g/mol. The van der Waals surface area contributed by atoms with Crippen molar-refractivity contribution in [2.45, 2.75) is 46.7 Å². The summed E-state index contributed by atoms with van der Waals surface area (Å²) in [5, 5.41) is 4.28. The maximum atomic E-state index is 6.40. The Hall–Kier alpha value is -0.730. The van der Waals surface area contributed by atoms with E-state index in [0.29, 0.717) is 11.5 Å². The van der Waals surface area contributed by atoms with E-state index >= 15 is 0 Å². The van der Waals surface area contributed by atoms with Gasteiger partial charge in [-0.25, -0.2) is 0 Å². The third-order valence-corrected chi connectivity index (χ3v) is 4.13. The van der Waals surface area contributed by atoms with Crippen LogP contribution in [0.25, 0.3) is 0 Å². The molecule has 0 unspecified atom stereocenters. The van der Waals surface area contributed by atoms with Gasteiger partial charge in [-0.2, -0.15) is 0 Å². The minimum Gasteiger partial charge on any atom is -0.371 e. The monoisotopic (exact) mass is 280 g/mol. The number of nitrogens with one attached hydrogen (secondary N) is 1. The van der Waals surface area contributed by atoms with Gasteiger partial charge in [0.05, 0.1) is 0 Å². The molecule has 0 spiro atoms. The summed E-state index contributed by atoms with van der Waals surface area (Å²) in [6.45, 7) is 12.0. The summed E-state index contributed by atoms with van der Waals surface area (Å²) < 4.78 is 0. The first-order valence-electron chi connectivity index (χ1n) is 7.14. The fourth-order valence-electron chi connectivity index (χ4n) is 2.52. The van der Waals surface area contributed by atoms with Crippen LogP contribution in [0.1, 0.15) is 39.7 Å². The number of nitrogens with zero attached hydrogens (tertiary/aromatic N) is 1. The van der Waals surface area contributed by atoms with Gasteiger partial charge in [0, 0.05) is 36.4 Å². The normalized spacial score (nSPS) is 18.3. The maximum Gasteiger partial charge on any atom is 0.0471 e. The molecule has 3 heteroatoms. The van der Waals surface area contributed by atoms with E-state index in [2.05, 4.69) is 56.1 Å². The molecule has 19 heavy (non-hydrogen) atoms. The van der Waals surface area contributed by atoms with Crippen molar-refractivity contribution in [1.82, 2.24) is 5.32 Å². The van der Waals surface area contributed by atoms with Gasteiger partial charge in [0.1, 0.15) is 0 Å². The van der Waals surface area contributed by atoms with Crippen LogP contribution in [-0.4, -0.2) is 19.1 Å². The molecule has 1 aromatic rings. The molecule has 2 rings (SSSR count). The fraction of sp³-hybridized carbons (Fsp3) is 0.625. The molecule has 0 amide bonds. The van der Waals surface area contributed by atoms with E-state index in [-0.39, 0.29) is 0 Å². The van der Waals surface area contributed by atoms with Gasteiger partial charge in [0.2, 0.25) is 0 Å². The van der Waals surface area contributed by atoms with E-state index < -0.39 is 0 Å². The van der Waals surface area contributed by atoms with Gasteiger partial charge in [-0.05, 0) is 29.5 Å². The summed E-state index contributed by atoms with van der Waals surface area (Å²) >= 11 is 6.40. The Kier molecular flexibility index (Phi) is 4.42. The van der Waals surface area contributed by atoms with E-state index in [0.717, 1.165) is 24.7 Å². The van der Waals surface area contributed by atoms with Crippen molar-refractivity contribution in [3.8, 4) is 0 Å². The number of anilines is 1. The molecule has 1 fully saturated rings. The summed E-state index contributed by atoms with van der Waals surface area (Å²) in [5.41, 5.74) is 2.85. The summed E-state index contributed by atoms with van der Waals surface area (Å²) in [4.78, 5) is 2.44. The Balaban J connectivity index is 2.07. The molecule has 106 valence electrons. The van der Waals surface area contributed by atoms with E-state index in [1.54, 1.807) is 0 Å². The molecule has 0 atom stereocenters. The second-order valence-corrected chi connectivity index (χ2v) is 7.05. The molecule has 0 bridgehead atoms. The molecule has 2 nitrogen and oxygen atoms in total. The van der Waals surface area contributed by atoms with E-state index in [1.807, 2.05) is 0 Å². The van der Waals surface area contributed by atoms with Crippen LogP contribution in [0, 0.1) is 5.41 Å². The highest BCUT2D eigenvalue weighted by atomic mass is 35.5. The highest BCUT2D eigenvalue weighted by Gasteiger charge is 2.29. The van der Waals surface area contributed by atoms with Crippen molar-refractivity contribution in [1.29, 1.82) is 0 Å². The quantitative estimate of drug-likeness (QED) is 0.894. The molecule has 0 radical (unpaired) electrons. The molecule has 0 saturated carbocycles. The van der Waals surface area contributed by atoms with Crippen LogP contribution in [0.5, 0.6) is 0 Å². The molecule has 1 aliphatic rings. The summed E-state index contributed by atoms with van der Waals surface area (Å²) in [7, 11) is 0. The van der Waals surface area contributed by atoms with Crippen LogP contribution in [0.2, 0.25) is 5.02 Å². The highest BCUT2D eigenvalue weighted by molar-refractivity contribution is 6.31. The number of benzene rings is 1. The van der Waals surface area contributed by atoms with E-state index in [1.165, 1.54) is 17.7 Å². The van der Waals surface area contributed by atoms with Crippen LogP contribution >= 0.6 is 11.6 Å². The molecular formula is C16H25ClN2. The minimum atomic E-state index is 0.421. The van der Waals surface area contributed by atoms with E-state index in [9.17, 15) is 0 Å². The molecule has 0 aromatic heterocycles. The van der Waals surface area contributed by atoms with Gasteiger partial charge >= 0.3 is 0 Å². The van der Waals surface area contributed by atoms with Gasteiger partial charge in [-0.1, -0.05) is 45.4 Å². The Morgan fingerprint density at radius 1 is 1.37 bits per heavy atom. The molecule has 1 aromatic carbocycles. The summed E-state index contributed by atoms with van der Waals surface area (Å²) in [6, 6.07) is 6.94. The molecule has 0 aliphatic carbocycles. The van der Waals surface area contributed by atoms with Crippen LogP contribution in [0.3, 0.4) is 0 Å². The Morgan fingerprint density at radius 2 is 2.11 bits per heavy atom. The van der Waals surface area contributed by atoms with Gasteiger partial charge in [-0.3, -0.25) is 0 Å².